The molecule has 6 heteroatoms. The SMILES string of the molecule is Cc1nc(-c2ccc(S(=O)(=O)NCCC(C)C)cc2)cs1. The van der Waals surface area contributed by atoms with E-state index in [4.69, 9.17) is 0 Å². The lowest BCUT2D eigenvalue weighted by Gasteiger charge is -2.08. The van der Waals surface area contributed by atoms with Gasteiger partial charge in [-0.15, -0.1) is 11.3 Å². The van der Waals surface area contributed by atoms with Gasteiger partial charge in [0.1, 0.15) is 0 Å². The fourth-order valence-corrected chi connectivity index (χ4v) is 3.54. The number of hydrogen-bond acceptors (Lipinski definition) is 4. The summed E-state index contributed by atoms with van der Waals surface area (Å²) in [6, 6.07) is 6.85. The van der Waals surface area contributed by atoms with Crippen molar-refractivity contribution in [3.05, 3.63) is 34.7 Å². The van der Waals surface area contributed by atoms with Crippen LogP contribution in [0.25, 0.3) is 11.3 Å². The molecule has 2 rings (SSSR count). The van der Waals surface area contributed by atoms with Gasteiger partial charge in [-0.1, -0.05) is 26.0 Å². The van der Waals surface area contributed by atoms with Gasteiger partial charge in [0.25, 0.3) is 0 Å². The van der Waals surface area contributed by atoms with Crippen LogP contribution in [0.5, 0.6) is 0 Å². The highest BCUT2D eigenvalue weighted by molar-refractivity contribution is 7.89. The fraction of sp³-hybridized carbons (Fsp3) is 0.400. The van der Waals surface area contributed by atoms with Gasteiger partial charge in [-0.25, -0.2) is 18.1 Å². The van der Waals surface area contributed by atoms with Gasteiger partial charge in [0.2, 0.25) is 10.0 Å². The summed E-state index contributed by atoms with van der Waals surface area (Å²) in [5, 5.41) is 2.97. The minimum atomic E-state index is -3.42. The van der Waals surface area contributed by atoms with Crippen molar-refractivity contribution >= 4 is 21.4 Å². The van der Waals surface area contributed by atoms with Crippen molar-refractivity contribution in [1.82, 2.24) is 9.71 Å². The third-order valence-corrected chi connectivity index (χ3v) is 5.34. The van der Waals surface area contributed by atoms with Gasteiger partial charge in [-0.3, -0.25) is 0 Å². The minimum Gasteiger partial charge on any atom is -0.242 e. The normalized spacial score (nSPS) is 12.0. The number of rotatable bonds is 6. The standard InChI is InChI=1S/C15H20N2O2S2/c1-11(2)8-9-16-21(18,19)14-6-4-13(5-7-14)15-10-20-12(3)17-15/h4-7,10-11,16H,8-9H2,1-3H3. The van der Waals surface area contributed by atoms with Crippen molar-refractivity contribution in [1.29, 1.82) is 0 Å². The molecule has 1 heterocycles. The Morgan fingerprint density at radius 3 is 2.43 bits per heavy atom. The second kappa shape index (κ2) is 6.68. The van der Waals surface area contributed by atoms with Crippen LogP contribution >= 0.6 is 11.3 Å². The van der Waals surface area contributed by atoms with Crippen molar-refractivity contribution < 1.29 is 8.42 Å². The summed E-state index contributed by atoms with van der Waals surface area (Å²) in [4.78, 5) is 4.69. The first-order chi connectivity index (χ1) is 9.88. The summed E-state index contributed by atoms with van der Waals surface area (Å²) in [7, 11) is -3.42. The van der Waals surface area contributed by atoms with Gasteiger partial charge in [0.15, 0.2) is 0 Å². The average Bonchev–Trinajstić information content (AvgIpc) is 2.85. The van der Waals surface area contributed by atoms with E-state index in [1.165, 1.54) is 0 Å². The van der Waals surface area contributed by atoms with E-state index in [1.807, 2.05) is 12.3 Å². The number of hydrogen-bond donors (Lipinski definition) is 1. The molecule has 0 bridgehead atoms. The number of benzene rings is 1. The van der Waals surface area contributed by atoms with E-state index in [0.717, 1.165) is 22.7 Å². The first-order valence-electron chi connectivity index (χ1n) is 6.91. The highest BCUT2D eigenvalue weighted by Gasteiger charge is 2.14. The molecule has 0 saturated heterocycles. The van der Waals surface area contributed by atoms with Crippen molar-refractivity contribution in [2.75, 3.05) is 6.54 Å². The molecule has 114 valence electrons. The molecule has 1 aromatic heterocycles. The quantitative estimate of drug-likeness (QED) is 0.885. The van der Waals surface area contributed by atoms with Crippen LogP contribution < -0.4 is 4.72 Å². The summed E-state index contributed by atoms with van der Waals surface area (Å²) in [5.41, 5.74) is 1.81. The van der Waals surface area contributed by atoms with Crippen molar-refractivity contribution in [2.45, 2.75) is 32.1 Å². The van der Waals surface area contributed by atoms with Crippen LogP contribution in [0.4, 0.5) is 0 Å². The number of aryl methyl sites for hydroxylation is 1. The Balaban J connectivity index is 2.11. The van der Waals surface area contributed by atoms with Gasteiger partial charge in [-0.2, -0.15) is 0 Å². The Morgan fingerprint density at radius 1 is 1.24 bits per heavy atom. The highest BCUT2D eigenvalue weighted by atomic mass is 32.2. The summed E-state index contributed by atoms with van der Waals surface area (Å²) in [5.74, 6) is 0.475. The Morgan fingerprint density at radius 2 is 1.90 bits per heavy atom. The van der Waals surface area contributed by atoms with Gasteiger partial charge in [0.05, 0.1) is 15.6 Å². The summed E-state index contributed by atoms with van der Waals surface area (Å²) < 4.78 is 26.9. The van der Waals surface area contributed by atoms with E-state index in [1.54, 1.807) is 35.6 Å². The van der Waals surface area contributed by atoms with Gasteiger partial charge >= 0.3 is 0 Å². The summed E-state index contributed by atoms with van der Waals surface area (Å²) >= 11 is 1.58. The molecule has 1 N–H and O–H groups in total. The van der Waals surface area contributed by atoms with Crippen molar-refractivity contribution in [2.24, 2.45) is 5.92 Å². The molecule has 21 heavy (non-hydrogen) atoms. The first-order valence-corrected chi connectivity index (χ1v) is 9.27. The molecular formula is C15H20N2O2S2. The molecule has 0 aliphatic rings. The molecular weight excluding hydrogens is 304 g/mol. The lowest BCUT2D eigenvalue weighted by Crippen LogP contribution is -2.25. The fourth-order valence-electron chi connectivity index (χ4n) is 1.87. The van der Waals surface area contributed by atoms with E-state index in [2.05, 4.69) is 23.6 Å². The minimum absolute atomic E-state index is 0.293. The molecule has 0 spiro atoms. The Bertz CT molecular complexity index is 689. The number of sulfonamides is 1. The zero-order chi connectivity index (χ0) is 15.5. The molecule has 0 fully saturated rings. The zero-order valence-corrected chi connectivity index (χ0v) is 14.1. The van der Waals surface area contributed by atoms with Crippen LogP contribution in [0.2, 0.25) is 0 Å². The predicted molar refractivity (Wildman–Crippen MR) is 86.9 cm³/mol. The zero-order valence-electron chi connectivity index (χ0n) is 12.5. The molecule has 0 saturated carbocycles. The molecule has 0 unspecified atom stereocenters. The van der Waals surface area contributed by atoms with Crippen molar-refractivity contribution in [3.63, 3.8) is 0 Å². The maximum atomic E-state index is 12.1. The smallest absolute Gasteiger partial charge is 0.240 e. The lowest BCUT2D eigenvalue weighted by molar-refractivity contribution is 0.551. The number of thiazole rings is 1. The maximum Gasteiger partial charge on any atom is 0.240 e. The molecule has 0 aliphatic heterocycles. The predicted octanol–water partition coefficient (Wildman–Crippen LogP) is 3.44. The third kappa shape index (κ3) is 4.36. The Kier molecular flexibility index (Phi) is 5.13. The summed E-state index contributed by atoms with van der Waals surface area (Å²) in [6.45, 7) is 6.55. The second-order valence-corrected chi connectivity index (χ2v) is 8.19. The summed E-state index contributed by atoms with van der Waals surface area (Å²) in [6.07, 6.45) is 0.829. The number of nitrogens with zero attached hydrogens (tertiary/aromatic N) is 1. The van der Waals surface area contributed by atoms with Crippen LogP contribution in [-0.2, 0) is 10.0 Å². The van der Waals surface area contributed by atoms with Gasteiger partial charge < -0.3 is 0 Å². The van der Waals surface area contributed by atoms with Gasteiger partial charge in [0, 0.05) is 17.5 Å². The van der Waals surface area contributed by atoms with E-state index < -0.39 is 10.0 Å². The third-order valence-electron chi connectivity index (χ3n) is 3.09. The maximum absolute atomic E-state index is 12.1. The second-order valence-electron chi connectivity index (χ2n) is 5.36. The van der Waals surface area contributed by atoms with Crippen LogP contribution in [0.3, 0.4) is 0 Å². The molecule has 4 nitrogen and oxygen atoms in total. The highest BCUT2D eigenvalue weighted by Crippen LogP contribution is 2.22. The van der Waals surface area contributed by atoms with E-state index in [-0.39, 0.29) is 0 Å². The van der Waals surface area contributed by atoms with E-state index in [0.29, 0.717) is 17.4 Å². The topological polar surface area (TPSA) is 59.1 Å². The molecule has 0 radical (unpaired) electrons. The lowest BCUT2D eigenvalue weighted by atomic mass is 10.1. The van der Waals surface area contributed by atoms with E-state index >= 15 is 0 Å². The van der Waals surface area contributed by atoms with Crippen LogP contribution in [0, 0.1) is 12.8 Å². The Labute approximate surface area is 130 Å². The van der Waals surface area contributed by atoms with Crippen LogP contribution in [0.15, 0.2) is 34.5 Å². The molecule has 2 aromatic rings. The first kappa shape index (κ1) is 16.1. The number of aromatic nitrogens is 1. The van der Waals surface area contributed by atoms with Crippen LogP contribution in [-0.4, -0.2) is 19.9 Å². The van der Waals surface area contributed by atoms with Crippen LogP contribution in [0.1, 0.15) is 25.3 Å². The van der Waals surface area contributed by atoms with E-state index in [9.17, 15) is 8.42 Å². The molecule has 1 aromatic carbocycles. The molecule has 0 aliphatic carbocycles. The average molecular weight is 324 g/mol. The van der Waals surface area contributed by atoms with Crippen molar-refractivity contribution in [3.8, 4) is 11.3 Å². The molecule has 0 amide bonds. The number of nitrogens with one attached hydrogen (secondary N) is 1. The molecule has 0 atom stereocenters. The monoisotopic (exact) mass is 324 g/mol. The largest absolute Gasteiger partial charge is 0.242 e. The van der Waals surface area contributed by atoms with Gasteiger partial charge in [-0.05, 0) is 31.4 Å². The Hall–Kier alpha value is -1.24.